The van der Waals surface area contributed by atoms with Crippen molar-refractivity contribution in [1.29, 1.82) is 0 Å². The lowest BCUT2D eigenvalue weighted by Gasteiger charge is -2.26. The Morgan fingerprint density at radius 3 is 2.09 bits per heavy atom. The Hall–Kier alpha value is -3.30. The molecule has 0 aromatic heterocycles. The maximum Gasteiger partial charge on any atom is 0.408 e. The molecule has 3 amide bonds. The minimum absolute atomic E-state index is 0.136. The molecule has 0 bridgehead atoms. The zero-order valence-electron chi connectivity index (χ0n) is 18.5. The zero-order chi connectivity index (χ0) is 23.6. The highest BCUT2D eigenvalue weighted by atomic mass is 16.6. The molecule has 10 heteroatoms. The number of nitrogens with zero attached hydrogens (tertiary/aromatic N) is 2. The molecule has 2 aliphatic heterocycles. The first kappa shape index (κ1) is 23.4. The van der Waals surface area contributed by atoms with Crippen LogP contribution >= 0.6 is 0 Å². The summed E-state index contributed by atoms with van der Waals surface area (Å²) in [5.74, 6) is -1.72. The van der Waals surface area contributed by atoms with Gasteiger partial charge >= 0.3 is 12.1 Å². The number of carbonyl (C=O) groups is 4. The minimum Gasteiger partial charge on any atom is -0.506 e. The molecule has 2 heterocycles. The Kier molecular flexibility index (Phi) is 6.61. The first-order chi connectivity index (χ1) is 15.0. The first-order valence-corrected chi connectivity index (χ1v) is 10.6. The van der Waals surface area contributed by atoms with Gasteiger partial charge in [0, 0.05) is 38.4 Å². The molecule has 174 valence electrons. The lowest BCUT2D eigenvalue weighted by Crippen LogP contribution is -2.45. The van der Waals surface area contributed by atoms with Crippen molar-refractivity contribution < 1.29 is 34.1 Å². The van der Waals surface area contributed by atoms with Gasteiger partial charge in [0.15, 0.2) is 0 Å². The van der Waals surface area contributed by atoms with E-state index in [0.717, 1.165) is 0 Å². The number of carboxylic acid groups (broad SMARTS) is 1. The predicted octanol–water partition coefficient (Wildman–Crippen LogP) is 2.17. The Bertz CT molecular complexity index is 938. The van der Waals surface area contributed by atoms with E-state index in [1.54, 1.807) is 20.8 Å². The zero-order valence-corrected chi connectivity index (χ0v) is 18.5. The first-order valence-electron chi connectivity index (χ1n) is 10.6. The van der Waals surface area contributed by atoms with Crippen LogP contribution < -0.4 is 15.1 Å². The smallest absolute Gasteiger partial charge is 0.408 e. The summed E-state index contributed by atoms with van der Waals surface area (Å²) in [5, 5.41) is 22.7. The van der Waals surface area contributed by atoms with E-state index in [2.05, 4.69) is 5.32 Å². The number of hydrogen-bond acceptors (Lipinski definition) is 6. The number of ether oxygens (including phenoxy) is 1. The van der Waals surface area contributed by atoms with Crippen molar-refractivity contribution in [1.82, 2.24) is 5.32 Å². The van der Waals surface area contributed by atoms with Gasteiger partial charge in [-0.2, -0.15) is 0 Å². The molecular formula is C22H29N3O7. The van der Waals surface area contributed by atoms with E-state index in [0.29, 0.717) is 50.0 Å². The van der Waals surface area contributed by atoms with Gasteiger partial charge in [-0.1, -0.05) is 0 Å². The number of amides is 3. The van der Waals surface area contributed by atoms with Crippen molar-refractivity contribution in [3.8, 4) is 5.75 Å². The van der Waals surface area contributed by atoms with Gasteiger partial charge < -0.3 is 30.1 Å². The Labute approximate surface area is 186 Å². The quantitative estimate of drug-likeness (QED) is 0.608. The van der Waals surface area contributed by atoms with E-state index in [1.807, 2.05) is 0 Å². The maximum absolute atomic E-state index is 12.4. The average Bonchev–Trinajstić information content (AvgIpc) is 3.28. The molecule has 2 saturated heterocycles. The van der Waals surface area contributed by atoms with Crippen LogP contribution in [0.25, 0.3) is 0 Å². The third kappa shape index (κ3) is 5.30. The van der Waals surface area contributed by atoms with E-state index in [-0.39, 0.29) is 29.7 Å². The Morgan fingerprint density at radius 1 is 1.06 bits per heavy atom. The highest BCUT2D eigenvalue weighted by Crippen LogP contribution is 2.38. The van der Waals surface area contributed by atoms with Gasteiger partial charge in [0.05, 0.1) is 11.4 Å². The molecule has 1 aromatic carbocycles. The number of hydrogen-bond donors (Lipinski definition) is 3. The molecule has 2 aliphatic rings. The molecule has 0 radical (unpaired) electrons. The number of aromatic hydroxyl groups is 1. The van der Waals surface area contributed by atoms with E-state index < -0.39 is 23.7 Å². The lowest BCUT2D eigenvalue weighted by molar-refractivity contribution is -0.139. The second-order valence-corrected chi connectivity index (χ2v) is 9.01. The molecule has 0 unspecified atom stereocenters. The SMILES string of the molecule is CC(C)(C)OC(=O)N[C@@H](Cc1cc(N2CCCC2=O)c(O)cc1N1CCCC1=O)C(=O)O. The number of phenolic OH excluding ortho intramolecular Hbond substituents is 1. The molecule has 1 aromatic rings. The average molecular weight is 447 g/mol. The van der Waals surface area contributed by atoms with Gasteiger partial charge in [-0.05, 0) is 45.2 Å². The molecule has 10 nitrogen and oxygen atoms in total. The molecule has 0 saturated carbocycles. The third-order valence-corrected chi connectivity index (χ3v) is 5.32. The van der Waals surface area contributed by atoms with Crippen molar-refractivity contribution in [2.24, 2.45) is 0 Å². The van der Waals surface area contributed by atoms with Crippen LogP contribution in [0, 0.1) is 0 Å². The van der Waals surface area contributed by atoms with Crippen LogP contribution in [0.4, 0.5) is 16.2 Å². The number of rotatable bonds is 6. The van der Waals surface area contributed by atoms with Gasteiger partial charge in [-0.25, -0.2) is 9.59 Å². The van der Waals surface area contributed by atoms with E-state index >= 15 is 0 Å². The summed E-state index contributed by atoms with van der Waals surface area (Å²) in [6, 6.07) is 1.59. The number of carbonyl (C=O) groups excluding carboxylic acids is 3. The summed E-state index contributed by atoms with van der Waals surface area (Å²) in [5.41, 5.74) is 0.260. The highest BCUT2D eigenvalue weighted by molar-refractivity contribution is 6.00. The van der Waals surface area contributed by atoms with E-state index in [9.17, 15) is 29.4 Å². The molecule has 3 N–H and O–H groups in total. The third-order valence-electron chi connectivity index (χ3n) is 5.32. The summed E-state index contributed by atoms with van der Waals surface area (Å²) < 4.78 is 5.17. The summed E-state index contributed by atoms with van der Waals surface area (Å²) in [4.78, 5) is 51.6. The van der Waals surface area contributed by atoms with Crippen LogP contribution in [0.1, 0.15) is 52.0 Å². The second kappa shape index (κ2) is 9.05. The van der Waals surface area contributed by atoms with Crippen molar-refractivity contribution in [2.45, 2.75) is 64.5 Å². The van der Waals surface area contributed by atoms with Gasteiger partial charge in [0.2, 0.25) is 11.8 Å². The topological polar surface area (TPSA) is 136 Å². The maximum atomic E-state index is 12.4. The minimum atomic E-state index is -1.34. The fourth-order valence-corrected chi connectivity index (χ4v) is 3.92. The van der Waals surface area contributed by atoms with Crippen LogP contribution in [0.5, 0.6) is 5.75 Å². The van der Waals surface area contributed by atoms with Gasteiger partial charge in [0.25, 0.3) is 0 Å². The van der Waals surface area contributed by atoms with Gasteiger partial charge in [0.1, 0.15) is 17.4 Å². The molecule has 3 rings (SSSR count). The summed E-state index contributed by atoms with van der Waals surface area (Å²) in [6.07, 6.45) is 0.965. The summed E-state index contributed by atoms with van der Waals surface area (Å²) in [7, 11) is 0. The molecule has 1 atom stereocenters. The predicted molar refractivity (Wildman–Crippen MR) is 116 cm³/mol. The molecule has 0 aliphatic carbocycles. The van der Waals surface area contributed by atoms with E-state index in [4.69, 9.17) is 4.74 Å². The highest BCUT2D eigenvalue weighted by Gasteiger charge is 2.31. The fourth-order valence-electron chi connectivity index (χ4n) is 3.92. The number of anilines is 2. The second-order valence-electron chi connectivity index (χ2n) is 9.01. The van der Waals surface area contributed by atoms with Crippen molar-refractivity contribution in [2.75, 3.05) is 22.9 Å². The van der Waals surface area contributed by atoms with Crippen LogP contribution in [0.2, 0.25) is 0 Å². The summed E-state index contributed by atoms with van der Waals surface area (Å²) in [6.45, 7) is 5.87. The van der Waals surface area contributed by atoms with Crippen molar-refractivity contribution >= 4 is 35.3 Å². The molecule has 0 spiro atoms. The summed E-state index contributed by atoms with van der Waals surface area (Å²) >= 11 is 0. The largest absolute Gasteiger partial charge is 0.506 e. The molecule has 32 heavy (non-hydrogen) atoms. The van der Waals surface area contributed by atoms with Crippen LogP contribution in [-0.4, -0.2) is 58.8 Å². The Balaban J connectivity index is 1.97. The Morgan fingerprint density at radius 2 is 1.62 bits per heavy atom. The lowest BCUT2D eigenvalue weighted by atomic mass is 10.0. The van der Waals surface area contributed by atoms with E-state index in [1.165, 1.54) is 21.9 Å². The number of benzene rings is 1. The molecular weight excluding hydrogens is 418 g/mol. The van der Waals surface area contributed by atoms with Crippen LogP contribution in [0.15, 0.2) is 12.1 Å². The monoisotopic (exact) mass is 447 g/mol. The molecule has 2 fully saturated rings. The van der Waals surface area contributed by atoms with Gasteiger partial charge in [-0.3, -0.25) is 9.59 Å². The number of carboxylic acids is 1. The van der Waals surface area contributed by atoms with Crippen LogP contribution in [-0.2, 0) is 25.5 Å². The number of phenols is 1. The number of aliphatic carboxylic acids is 1. The van der Waals surface area contributed by atoms with Crippen molar-refractivity contribution in [3.05, 3.63) is 17.7 Å². The number of nitrogens with one attached hydrogen (secondary N) is 1. The fraction of sp³-hybridized carbons (Fsp3) is 0.545. The van der Waals surface area contributed by atoms with Crippen molar-refractivity contribution in [3.63, 3.8) is 0 Å². The van der Waals surface area contributed by atoms with Gasteiger partial charge in [-0.15, -0.1) is 0 Å². The van der Waals surface area contributed by atoms with Crippen LogP contribution in [0.3, 0.4) is 0 Å². The normalized spacial score (nSPS) is 17.6. The number of alkyl carbamates (subject to hydrolysis) is 1. The standard InChI is InChI=1S/C22H29N3O7/c1-22(2,3)32-21(31)23-14(20(29)30)10-13-11-16(25-9-5-7-19(25)28)17(26)12-15(13)24-8-4-6-18(24)27/h11-12,14,26H,4-10H2,1-3H3,(H,23,31)(H,29,30)/t14-/m0/s1.